The predicted molar refractivity (Wildman–Crippen MR) is 116 cm³/mol. The van der Waals surface area contributed by atoms with Gasteiger partial charge in [-0.2, -0.15) is 0 Å². The molecule has 0 spiro atoms. The number of carbonyl (C=O) groups is 2. The molecule has 3 aromatic rings. The maximum absolute atomic E-state index is 13.6. The summed E-state index contributed by atoms with van der Waals surface area (Å²) in [5.74, 6) is -2.84. The van der Waals surface area contributed by atoms with Gasteiger partial charge in [-0.3, -0.25) is 25.2 Å². The van der Waals surface area contributed by atoms with Crippen LogP contribution >= 0.6 is 0 Å². The van der Waals surface area contributed by atoms with Crippen molar-refractivity contribution in [2.45, 2.75) is 17.9 Å². The molecule has 0 saturated carbocycles. The first-order valence-corrected chi connectivity index (χ1v) is 11.0. The molecule has 0 bridgehead atoms. The smallest absolute Gasteiger partial charge is 0.279 e. The highest BCUT2D eigenvalue weighted by atomic mass is 32.2. The molecule has 1 unspecified atom stereocenters. The van der Waals surface area contributed by atoms with Crippen LogP contribution in [0.4, 0.5) is 14.5 Å². The van der Waals surface area contributed by atoms with Crippen LogP contribution in [0.1, 0.15) is 17.3 Å². The lowest BCUT2D eigenvalue weighted by Gasteiger charge is -2.15. The Kier molecular flexibility index (Phi) is 7.23. The quantitative estimate of drug-likeness (QED) is 0.455. The number of hydrazine groups is 1. The number of benzene rings is 3. The second kappa shape index (κ2) is 10.1. The first kappa shape index (κ1) is 23.7. The average molecular weight is 475 g/mol. The van der Waals surface area contributed by atoms with E-state index in [2.05, 4.69) is 15.6 Å². The van der Waals surface area contributed by atoms with Crippen LogP contribution in [-0.4, -0.2) is 26.3 Å². The fourth-order valence-electron chi connectivity index (χ4n) is 2.61. The zero-order valence-electron chi connectivity index (χ0n) is 17.2. The lowest BCUT2D eigenvalue weighted by atomic mass is 10.2. The highest BCUT2D eigenvalue weighted by Crippen LogP contribution is 2.18. The van der Waals surface area contributed by atoms with E-state index in [1.54, 1.807) is 0 Å². The van der Waals surface area contributed by atoms with Crippen LogP contribution in [-0.2, 0) is 14.8 Å². The van der Waals surface area contributed by atoms with Crippen molar-refractivity contribution in [2.75, 3.05) is 4.72 Å². The van der Waals surface area contributed by atoms with Crippen molar-refractivity contribution >= 4 is 27.5 Å². The maximum Gasteiger partial charge on any atom is 0.279 e. The standard InChI is InChI=1S/C22H19F2N3O5S/c1-14(32-20-8-3-2-7-19(20)24)21(28)25-26-22(29)15-5-4-6-18(13-15)33(30,31)27-17-11-9-16(23)10-12-17/h2-14,27H,1H3,(H,25,28)(H,26,29). The van der Waals surface area contributed by atoms with Crippen LogP contribution in [0.25, 0.3) is 0 Å². The molecular formula is C22H19F2N3O5S. The number of carbonyl (C=O) groups excluding carboxylic acids is 2. The van der Waals surface area contributed by atoms with Crippen LogP contribution in [0, 0.1) is 11.6 Å². The first-order valence-electron chi connectivity index (χ1n) is 9.55. The number of hydrogen-bond acceptors (Lipinski definition) is 5. The van der Waals surface area contributed by atoms with Crippen LogP contribution < -0.4 is 20.3 Å². The normalized spacial score (nSPS) is 11.8. The van der Waals surface area contributed by atoms with Gasteiger partial charge in [-0.05, 0) is 61.5 Å². The Labute approximate surface area is 188 Å². The lowest BCUT2D eigenvalue weighted by molar-refractivity contribution is -0.128. The molecule has 3 N–H and O–H groups in total. The van der Waals surface area contributed by atoms with E-state index in [1.807, 2.05) is 0 Å². The summed E-state index contributed by atoms with van der Waals surface area (Å²) in [5.41, 5.74) is 4.37. The number of para-hydroxylation sites is 1. The largest absolute Gasteiger partial charge is 0.478 e. The van der Waals surface area contributed by atoms with Gasteiger partial charge in [-0.15, -0.1) is 0 Å². The van der Waals surface area contributed by atoms with E-state index in [9.17, 15) is 26.8 Å². The fraction of sp³-hybridized carbons (Fsp3) is 0.0909. The fourth-order valence-corrected chi connectivity index (χ4v) is 3.72. The molecule has 172 valence electrons. The van der Waals surface area contributed by atoms with Crippen molar-refractivity contribution in [2.24, 2.45) is 0 Å². The molecule has 0 heterocycles. The van der Waals surface area contributed by atoms with Gasteiger partial charge in [0, 0.05) is 11.3 Å². The van der Waals surface area contributed by atoms with Gasteiger partial charge in [0.05, 0.1) is 4.90 Å². The van der Waals surface area contributed by atoms with Gasteiger partial charge in [-0.1, -0.05) is 18.2 Å². The van der Waals surface area contributed by atoms with Gasteiger partial charge in [0.1, 0.15) is 5.82 Å². The van der Waals surface area contributed by atoms with E-state index in [0.29, 0.717) is 0 Å². The number of ether oxygens (including phenoxy) is 1. The van der Waals surface area contributed by atoms with E-state index in [-0.39, 0.29) is 21.9 Å². The predicted octanol–water partition coefficient (Wildman–Crippen LogP) is 2.99. The summed E-state index contributed by atoms with van der Waals surface area (Å²) >= 11 is 0. The Morgan fingerprint density at radius 1 is 0.909 bits per heavy atom. The van der Waals surface area contributed by atoms with Gasteiger partial charge in [0.25, 0.3) is 21.8 Å². The third-order valence-electron chi connectivity index (χ3n) is 4.31. The Morgan fingerprint density at radius 2 is 1.61 bits per heavy atom. The molecule has 0 aliphatic rings. The highest BCUT2D eigenvalue weighted by Gasteiger charge is 2.19. The SMILES string of the molecule is CC(Oc1ccccc1F)C(=O)NNC(=O)c1cccc(S(=O)(=O)Nc2ccc(F)cc2)c1. The summed E-state index contributed by atoms with van der Waals surface area (Å²) in [4.78, 5) is 24.3. The molecule has 0 fully saturated rings. The van der Waals surface area contributed by atoms with E-state index in [4.69, 9.17) is 4.74 Å². The first-order chi connectivity index (χ1) is 15.7. The molecule has 2 amide bonds. The Hall–Kier alpha value is -3.99. The summed E-state index contributed by atoms with van der Waals surface area (Å²) in [6.07, 6.45) is -1.13. The molecule has 1 atom stereocenters. The molecule has 3 rings (SSSR count). The molecule has 3 aromatic carbocycles. The van der Waals surface area contributed by atoms with Crippen LogP contribution in [0.5, 0.6) is 5.75 Å². The highest BCUT2D eigenvalue weighted by molar-refractivity contribution is 7.92. The van der Waals surface area contributed by atoms with Crippen LogP contribution in [0.15, 0.2) is 77.7 Å². The molecule has 11 heteroatoms. The third-order valence-corrected chi connectivity index (χ3v) is 5.69. The van der Waals surface area contributed by atoms with Crippen molar-refractivity contribution in [1.82, 2.24) is 10.9 Å². The minimum atomic E-state index is -4.06. The van der Waals surface area contributed by atoms with Gasteiger partial charge < -0.3 is 4.74 Å². The van der Waals surface area contributed by atoms with Crippen LogP contribution in [0.3, 0.4) is 0 Å². The molecule has 8 nitrogen and oxygen atoms in total. The van der Waals surface area contributed by atoms with E-state index in [1.165, 1.54) is 61.5 Å². The molecule has 0 radical (unpaired) electrons. The summed E-state index contributed by atoms with van der Waals surface area (Å²) < 4.78 is 59.3. The zero-order valence-corrected chi connectivity index (χ0v) is 18.0. The third kappa shape index (κ3) is 6.26. The number of anilines is 1. The van der Waals surface area contributed by atoms with Crippen LogP contribution in [0.2, 0.25) is 0 Å². The second-order valence-electron chi connectivity index (χ2n) is 6.77. The van der Waals surface area contributed by atoms with Crippen molar-refractivity contribution in [3.63, 3.8) is 0 Å². The molecular weight excluding hydrogens is 456 g/mol. The molecule has 0 aliphatic carbocycles. The average Bonchev–Trinajstić information content (AvgIpc) is 2.80. The van der Waals surface area contributed by atoms with E-state index in [0.717, 1.165) is 18.2 Å². The molecule has 0 saturated heterocycles. The molecule has 0 aliphatic heterocycles. The minimum Gasteiger partial charge on any atom is -0.478 e. The monoisotopic (exact) mass is 475 g/mol. The Balaban J connectivity index is 1.62. The van der Waals surface area contributed by atoms with Gasteiger partial charge >= 0.3 is 0 Å². The van der Waals surface area contributed by atoms with Gasteiger partial charge in [0.2, 0.25) is 0 Å². The summed E-state index contributed by atoms with van der Waals surface area (Å²) in [5, 5.41) is 0. The van der Waals surface area contributed by atoms with Crippen molar-refractivity contribution in [3.05, 3.63) is 90.0 Å². The van der Waals surface area contributed by atoms with Gasteiger partial charge in [-0.25, -0.2) is 17.2 Å². The second-order valence-corrected chi connectivity index (χ2v) is 8.46. The van der Waals surface area contributed by atoms with E-state index < -0.39 is 39.6 Å². The summed E-state index contributed by atoms with van der Waals surface area (Å²) in [7, 11) is -4.06. The van der Waals surface area contributed by atoms with Crippen molar-refractivity contribution in [1.29, 1.82) is 0 Å². The number of sulfonamides is 1. The number of hydrogen-bond donors (Lipinski definition) is 3. The lowest BCUT2D eigenvalue weighted by Crippen LogP contribution is -2.47. The number of halogens is 2. The topological polar surface area (TPSA) is 114 Å². The molecule has 33 heavy (non-hydrogen) atoms. The van der Waals surface area contributed by atoms with Gasteiger partial charge in [0.15, 0.2) is 17.7 Å². The molecule has 0 aromatic heterocycles. The number of rotatable bonds is 7. The number of nitrogens with one attached hydrogen (secondary N) is 3. The summed E-state index contributed by atoms with van der Waals surface area (Å²) in [6, 6.07) is 15.3. The van der Waals surface area contributed by atoms with Crippen molar-refractivity contribution in [3.8, 4) is 5.75 Å². The maximum atomic E-state index is 13.6. The Morgan fingerprint density at radius 3 is 2.30 bits per heavy atom. The van der Waals surface area contributed by atoms with Crippen molar-refractivity contribution < 1.29 is 31.5 Å². The zero-order chi connectivity index (χ0) is 24.0. The Bertz CT molecular complexity index is 1270. The van der Waals surface area contributed by atoms with E-state index >= 15 is 0 Å². The summed E-state index contributed by atoms with van der Waals surface area (Å²) in [6.45, 7) is 1.36. The number of amides is 2. The minimum absolute atomic E-state index is 0.0556.